The molecular formula is C11H13ClN4O. The lowest BCUT2D eigenvalue weighted by Gasteiger charge is -2.24. The summed E-state index contributed by atoms with van der Waals surface area (Å²) in [6.45, 7) is 6.59. The maximum Gasteiger partial charge on any atom is 0.270 e. The van der Waals surface area contributed by atoms with Gasteiger partial charge in [-0.2, -0.15) is 0 Å². The van der Waals surface area contributed by atoms with E-state index in [1.165, 1.54) is 0 Å². The number of hydrogen-bond donors (Lipinski definition) is 0. The largest absolute Gasteiger partial charge is 0.339 e. The summed E-state index contributed by atoms with van der Waals surface area (Å²) in [5, 5.41) is 0.0837. The van der Waals surface area contributed by atoms with Crippen LogP contribution in [-0.4, -0.2) is 41.0 Å². The zero-order chi connectivity index (χ0) is 12.6. The molecule has 0 atom stereocenters. The number of nitrogens with zero attached hydrogens (tertiary/aromatic N) is 4. The lowest BCUT2D eigenvalue weighted by Crippen LogP contribution is -2.36. The zero-order valence-corrected chi connectivity index (χ0v) is 10.5. The van der Waals surface area contributed by atoms with Crippen molar-refractivity contribution in [2.75, 3.05) is 13.6 Å². The summed E-state index contributed by atoms with van der Waals surface area (Å²) in [6.07, 6.45) is 0. The van der Waals surface area contributed by atoms with E-state index in [9.17, 15) is 4.79 Å². The van der Waals surface area contributed by atoms with Crippen LogP contribution in [0.2, 0.25) is 0 Å². The Morgan fingerprint density at radius 3 is 2.88 bits per heavy atom. The Morgan fingerprint density at radius 1 is 1.53 bits per heavy atom. The SMILES string of the molecule is C=NC(Cl)=Nc1c(C)cc2n1CCN(C)C2=O. The van der Waals surface area contributed by atoms with Gasteiger partial charge in [-0.1, -0.05) is 0 Å². The fraction of sp³-hybridized carbons (Fsp3) is 0.364. The second kappa shape index (κ2) is 4.33. The molecule has 0 N–H and O–H groups in total. The number of aryl methyl sites for hydroxylation is 1. The average Bonchev–Trinajstić information content (AvgIpc) is 2.62. The van der Waals surface area contributed by atoms with Gasteiger partial charge in [0.05, 0.1) is 0 Å². The van der Waals surface area contributed by atoms with Gasteiger partial charge in [0.25, 0.3) is 5.91 Å². The third-order valence-corrected chi connectivity index (χ3v) is 3.01. The van der Waals surface area contributed by atoms with Crippen LogP contribution in [0.5, 0.6) is 0 Å². The minimum Gasteiger partial charge on any atom is -0.339 e. The highest BCUT2D eigenvalue weighted by Gasteiger charge is 2.25. The Morgan fingerprint density at radius 2 is 2.24 bits per heavy atom. The van der Waals surface area contributed by atoms with Crippen LogP contribution in [0.25, 0.3) is 0 Å². The molecule has 1 aromatic heterocycles. The molecular weight excluding hydrogens is 240 g/mol. The van der Waals surface area contributed by atoms with Gasteiger partial charge in [0.2, 0.25) is 5.29 Å². The molecule has 5 nitrogen and oxygen atoms in total. The second-order valence-electron chi connectivity index (χ2n) is 3.95. The summed E-state index contributed by atoms with van der Waals surface area (Å²) < 4.78 is 1.87. The van der Waals surface area contributed by atoms with Crippen LogP contribution in [-0.2, 0) is 6.54 Å². The molecule has 2 heterocycles. The fourth-order valence-electron chi connectivity index (χ4n) is 1.90. The Bertz CT molecular complexity index is 518. The molecule has 1 aliphatic rings. The Balaban J connectivity index is 2.53. The van der Waals surface area contributed by atoms with Crippen LogP contribution < -0.4 is 0 Å². The molecule has 0 aromatic carbocycles. The first-order chi connectivity index (χ1) is 8.04. The van der Waals surface area contributed by atoms with Gasteiger partial charge in [-0.05, 0) is 36.9 Å². The summed E-state index contributed by atoms with van der Waals surface area (Å²) in [5.41, 5.74) is 1.55. The smallest absolute Gasteiger partial charge is 0.270 e. The van der Waals surface area contributed by atoms with Crippen LogP contribution in [0.15, 0.2) is 16.1 Å². The number of carbonyl (C=O) groups excluding carboxylic acids is 1. The van der Waals surface area contributed by atoms with Crippen molar-refractivity contribution < 1.29 is 4.79 Å². The second-order valence-corrected chi connectivity index (χ2v) is 4.29. The molecule has 0 bridgehead atoms. The minimum absolute atomic E-state index is 0.00323. The number of rotatable bonds is 1. The molecule has 2 rings (SSSR count). The van der Waals surface area contributed by atoms with Gasteiger partial charge in [-0.15, -0.1) is 0 Å². The van der Waals surface area contributed by atoms with E-state index in [1.807, 2.05) is 17.6 Å². The first kappa shape index (κ1) is 11.9. The van der Waals surface area contributed by atoms with Gasteiger partial charge < -0.3 is 9.47 Å². The van der Waals surface area contributed by atoms with Crippen molar-refractivity contribution in [2.45, 2.75) is 13.5 Å². The van der Waals surface area contributed by atoms with Gasteiger partial charge in [0, 0.05) is 20.1 Å². The Kier molecular flexibility index (Phi) is 3.02. The normalized spacial score (nSPS) is 16.1. The maximum absolute atomic E-state index is 11.9. The monoisotopic (exact) mass is 252 g/mol. The van der Waals surface area contributed by atoms with Crippen LogP contribution in [0.1, 0.15) is 16.1 Å². The van der Waals surface area contributed by atoms with E-state index in [4.69, 9.17) is 11.6 Å². The third-order valence-electron chi connectivity index (χ3n) is 2.81. The summed E-state index contributed by atoms with van der Waals surface area (Å²) in [6, 6.07) is 1.82. The number of fused-ring (bicyclic) bond motifs is 1. The number of aromatic nitrogens is 1. The molecule has 0 saturated heterocycles. The maximum atomic E-state index is 11.9. The summed E-state index contributed by atoms with van der Waals surface area (Å²) >= 11 is 5.75. The number of amidine groups is 1. The van der Waals surface area contributed by atoms with Crippen molar-refractivity contribution in [2.24, 2.45) is 9.98 Å². The zero-order valence-electron chi connectivity index (χ0n) is 9.77. The van der Waals surface area contributed by atoms with Gasteiger partial charge in [0.1, 0.15) is 11.5 Å². The predicted molar refractivity (Wildman–Crippen MR) is 68.6 cm³/mol. The first-order valence-electron chi connectivity index (χ1n) is 5.21. The third kappa shape index (κ3) is 1.98. The van der Waals surface area contributed by atoms with Gasteiger partial charge in [-0.3, -0.25) is 4.79 Å². The molecule has 17 heavy (non-hydrogen) atoms. The highest BCUT2D eigenvalue weighted by molar-refractivity contribution is 6.65. The number of aliphatic imine (C=N–C) groups is 2. The van der Waals surface area contributed by atoms with Crippen LogP contribution in [0, 0.1) is 6.92 Å². The van der Waals surface area contributed by atoms with E-state index >= 15 is 0 Å². The topological polar surface area (TPSA) is 50.0 Å². The molecule has 0 unspecified atom stereocenters. The summed E-state index contributed by atoms with van der Waals surface area (Å²) in [4.78, 5) is 21.3. The van der Waals surface area contributed by atoms with E-state index in [0.29, 0.717) is 24.6 Å². The standard InChI is InChI=1S/C11H13ClN4O/c1-7-6-8-10(17)15(3)4-5-16(8)9(7)14-11(12)13-2/h6H,2,4-5H2,1,3H3. The molecule has 0 radical (unpaired) electrons. The van der Waals surface area contributed by atoms with Gasteiger partial charge in [-0.25, -0.2) is 9.98 Å². The number of hydrogen-bond acceptors (Lipinski definition) is 2. The number of likely N-dealkylation sites (N-methyl/N-ethyl adjacent to an activating group) is 1. The van der Waals surface area contributed by atoms with Crippen LogP contribution in [0.4, 0.5) is 5.82 Å². The molecule has 1 aromatic rings. The van der Waals surface area contributed by atoms with E-state index in [-0.39, 0.29) is 11.2 Å². The predicted octanol–water partition coefficient (Wildman–Crippen LogP) is 1.81. The van der Waals surface area contributed by atoms with Crippen molar-refractivity contribution in [3.05, 3.63) is 17.3 Å². The van der Waals surface area contributed by atoms with Crippen molar-refractivity contribution in [3.63, 3.8) is 0 Å². The summed E-state index contributed by atoms with van der Waals surface area (Å²) in [7, 11) is 1.79. The number of carbonyl (C=O) groups is 1. The van der Waals surface area contributed by atoms with Gasteiger partial charge >= 0.3 is 0 Å². The molecule has 0 spiro atoms. The van der Waals surface area contributed by atoms with Crippen molar-refractivity contribution in [3.8, 4) is 0 Å². The van der Waals surface area contributed by atoms with Crippen molar-refractivity contribution in [1.29, 1.82) is 0 Å². The first-order valence-corrected chi connectivity index (χ1v) is 5.59. The highest BCUT2D eigenvalue weighted by atomic mass is 35.5. The molecule has 0 saturated carbocycles. The van der Waals surface area contributed by atoms with E-state index in [0.717, 1.165) is 5.56 Å². The molecule has 90 valence electrons. The van der Waals surface area contributed by atoms with E-state index in [2.05, 4.69) is 16.7 Å². The van der Waals surface area contributed by atoms with Crippen LogP contribution >= 0.6 is 11.6 Å². The fourth-order valence-corrected chi connectivity index (χ4v) is 1.98. The Labute approximate surface area is 104 Å². The molecule has 0 aliphatic carbocycles. The minimum atomic E-state index is 0.00323. The lowest BCUT2D eigenvalue weighted by atomic mass is 10.3. The van der Waals surface area contributed by atoms with Gasteiger partial charge in [0.15, 0.2) is 0 Å². The quantitative estimate of drug-likeness (QED) is 0.427. The molecule has 1 aliphatic heterocycles. The molecule has 6 heteroatoms. The number of amides is 1. The van der Waals surface area contributed by atoms with Crippen molar-refractivity contribution >= 4 is 35.3 Å². The lowest BCUT2D eigenvalue weighted by molar-refractivity contribution is 0.0750. The Hall–Kier alpha value is -1.62. The number of halogens is 1. The molecule has 1 amide bonds. The molecule has 0 fully saturated rings. The average molecular weight is 253 g/mol. The van der Waals surface area contributed by atoms with E-state index in [1.54, 1.807) is 11.9 Å². The highest BCUT2D eigenvalue weighted by Crippen LogP contribution is 2.27. The van der Waals surface area contributed by atoms with E-state index < -0.39 is 0 Å². The van der Waals surface area contributed by atoms with Crippen LogP contribution in [0.3, 0.4) is 0 Å². The summed E-state index contributed by atoms with van der Waals surface area (Å²) in [5.74, 6) is 0.683. The van der Waals surface area contributed by atoms with Crippen molar-refractivity contribution in [1.82, 2.24) is 9.47 Å².